The second-order valence-corrected chi connectivity index (χ2v) is 9.32. The predicted molar refractivity (Wildman–Crippen MR) is 89.9 cm³/mol. The van der Waals surface area contributed by atoms with Crippen LogP contribution in [0.15, 0.2) is 0 Å². The van der Waals surface area contributed by atoms with E-state index in [1.165, 1.54) is 6.42 Å². The van der Waals surface area contributed by atoms with Gasteiger partial charge in [0.05, 0.1) is 10.9 Å². The van der Waals surface area contributed by atoms with Crippen LogP contribution in [0.25, 0.3) is 0 Å². The number of aryl methyl sites for hydroxylation is 1. The Kier molecular flexibility index (Phi) is 4.32. The topological polar surface area (TPSA) is 47.5 Å². The van der Waals surface area contributed by atoms with Crippen LogP contribution >= 0.6 is 23.1 Å². The summed E-state index contributed by atoms with van der Waals surface area (Å²) < 4.78 is 12.0. The molecule has 0 radical (unpaired) electrons. The third-order valence-corrected chi connectivity index (χ3v) is 7.30. The molecule has 0 saturated carbocycles. The van der Waals surface area contributed by atoms with E-state index in [1.54, 1.807) is 11.3 Å². The lowest BCUT2D eigenvalue weighted by Crippen LogP contribution is -2.59. The van der Waals surface area contributed by atoms with E-state index in [4.69, 9.17) is 9.47 Å². The van der Waals surface area contributed by atoms with Crippen LogP contribution < -0.4 is 4.90 Å². The van der Waals surface area contributed by atoms with E-state index >= 15 is 0 Å². The molecule has 7 heteroatoms. The van der Waals surface area contributed by atoms with E-state index < -0.39 is 0 Å². The molecule has 0 aliphatic carbocycles. The molecule has 1 aromatic heterocycles. The van der Waals surface area contributed by atoms with Crippen LogP contribution in [0, 0.1) is 12.8 Å². The Labute approximate surface area is 139 Å². The first-order valence-corrected chi connectivity index (χ1v) is 9.91. The standard InChI is InChI=1S/C15H23N3O2S2/c1-11-16-17-14(22-11)18-9-15(10-18)6-13(8-21-15)20-7-12-2-4-19-5-3-12/h12-13H,2-10H2,1H3/t13-/m1/s1. The minimum atomic E-state index is 0.403. The highest BCUT2D eigenvalue weighted by Gasteiger charge is 2.50. The highest BCUT2D eigenvalue weighted by Crippen LogP contribution is 2.47. The summed E-state index contributed by atoms with van der Waals surface area (Å²) in [5, 5.41) is 10.5. The Hall–Kier alpha value is -0.370. The third kappa shape index (κ3) is 3.13. The van der Waals surface area contributed by atoms with Crippen LogP contribution in [0.1, 0.15) is 24.3 Å². The molecule has 0 unspecified atom stereocenters. The van der Waals surface area contributed by atoms with Crippen LogP contribution in [-0.4, -0.2) is 59.7 Å². The molecule has 1 aromatic rings. The van der Waals surface area contributed by atoms with Crippen molar-refractivity contribution in [3.63, 3.8) is 0 Å². The van der Waals surface area contributed by atoms with Gasteiger partial charge in [-0.1, -0.05) is 11.3 Å². The molecule has 3 aliphatic heterocycles. The van der Waals surface area contributed by atoms with Crippen molar-refractivity contribution >= 4 is 28.2 Å². The quantitative estimate of drug-likeness (QED) is 0.838. The Morgan fingerprint density at radius 2 is 2.14 bits per heavy atom. The van der Waals surface area contributed by atoms with E-state index in [0.29, 0.717) is 16.8 Å². The SMILES string of the molecule is Cc1nnc(N2CC3(C[C@@H](OCC4CCOCC4)CS3)C2)s1. The smallest absolute Gasteiger partial charge is 0.208 e. The van der Waals surface area contributed by atoms with Gasteiger partial charge in [-0.2, -0.15) is 0 Å². The van der Waals surface area contributed by atoms with Gasteiger partial charge in [-0.15, -0.1) is 22.0 Å². The Balaban J connectivity index is 1.23. The van der Waals surface area contributed by atoms with Gasteiger partial charge in [0, 0.05) is 38.7 Å². The van der Waals surface area contributed by atoms with Crippen LogP contribution in [0.5, 0.6) is 0 Å². The molecule has 1 spiro atoms. The fraction of sp³-hybridized carbons (Fsp3) is 0.867. The molecule has 3 fully saturated rings. The Morgan fingerprint density at radius 1 is 1.32 bits per heavy atom. The molecular formula is C15H23N3O2S2. The number of rotatable bonds is 4. The number of aromatic nitrogens is 2. The summed E-state index contributed by atoms with van der Waals surface area (Å²) in [5.41, 5.74) is 0. The van der Waals surface area contributed by atoms with Crippen molar-refractivity contribution in [1.29, 1.82) is 0 Å². The van der Waals surface area contributed by atoms with Gasteiger partial charge in [-0.3, -0.25) is 0 Å². The predicted octanol–water partition coefficient (Wildman–Crippen LogP) is 2.35. The molecule has 3 aliphatic rings. The molecule has 122 valence electrons. The van der Waals surface area contributed by atoms with E-state index in [1.807, 2.05) is 6.92 Å². The number of hydrogen-bond acceptors (Lipinski definition) is 7. The third-order valence-electron chi connectivity index (χ3n) is 4.83. The maximum Gasteiger partial charge on any atom is 0.208 e. The van der Waals surface area contributed by atoms with E-state index in [-0.39, 0.29) is 0 Å². The lowest BCUT2D eigenvalue weighted by Gasteiger charge is -2.47. The van der Waals surface area contributed by atoms with Gasteiger partial charge in [0.25, 0.3) is 0 Å². The summed E-state index contributed by atoms with van der Waals surface area (Å²) in [5.74, 6) is 1.85. The van der Waals surface area contributed by atoms with Crippen LogP contribution in [0.4, 0.5) is 5.13 Å². The van der Waals surface area contributed by atoms with Crippen LogP contribution in [0.2, 0.25) is 0 Å². The number of nitrogens with zero attached hydrogens (tertiary/aromatic N) is 3. The lowest BCUT2D eigenvalue weighted by molar-refractivity contribution is -0.00650. The van der Waals surface area contributed by atoms with Crippen molar-refractivity contribution in [2.45, 2.75) is 37.0 Å². The van der Waals surface area contributed by atoms with Crippen molar-refractivity contribution in [3.05, 3.63) is 5.01 Å². The molecule has 1 atom stereocenters. The average Bonchev–Trinajstić information content (AvgIpc) is 3.11. The summed E-state index contributed by atoms with van der Waals surface area (Å²) in [6.45, 7) is 6.96. The van der Waals surface area contributed by atoms with Crippen molar-refractivity contribution in [2.24, 2.45) is 5.92 Å². The van der Waals surface area contributed by atoms with Gasteiger partial charge in [0.2, 0.25) is 5.13 Å². The minimum absolute atomic E-state index is 0.403. The molecule has 0 aromatic carbocycles. The monoisotopic (exact) mass is 341 g/mol. The zero-order valence-corrected chi connectivity index (χ0v) is 14.6. The summed E-state index contributed by atoms with van der Waals surface area (Å²) in [6.07, 6.45) is 3.95. The van der Waals surface area contributed by atoms with Crippen molar-refractivity contribution in [2.75, 3.05) is 43.6 Å². The molecule has 3 saturated heterocycles. The van der Waals surface area contributed by atoms with Gasteiger partial charge in [0.1, 0.15) is 5.01 Å². The molecular weight excluding hydrogens is 318 g/mol. The van der Waals surface area contributed by atoms with E-state index in [0.717, 1.165) is 61.6 Å². The lowest BCUT2D eigenvalue weighted by atomic mass is 9.93. The first kappa shape index (κ1) is 15.2. The molecule has 0 N–H and O–H groups in total. The second-order valence-electron chi connectivity index (χ2n) is 6.67. The zero-order valence-electron chi connectivity index (χ0n) is 13.0. The first-order chi connectivity index (χ1) is 10.7. The largest absolute Gasteiger partial charge is 0.381 e. The van der Waals surface area contributed by atoms with Gasteiger partial charge in [0.15, 0.2) is 0 Å². The van der Waals surface area contributed by atoms with Crippen molar-refractivity contribution in [3.8, 4) is 0 Å². The average molecular weight is 342 g/mol. The number of hydrogen-bond donors (Lipinski definition) is 0. The zero-order chi connectivity index (χ0) is 15.0. The van der Waals surface area contributed by atoms with Crippen molar-refractivity contribution < 1.29 is 9.47 Å². The maximum atomic E-state index is 6.20. The Morgan fingerprint density at radius 3 is 2.86 bits per heavy atom. The van der Waals surface area contributed by atoms with Gasteiger partial charge in [-0.25, -0.2) is 0 Å². The summed E-state index contributed by atoms with van der Waals surface area (Å²) in [7, 11) is 0. The van der Waals surface area contributed by atoms with Gasteiger partial charge < -0.3 is 14.4 Å². The number of thioether (sulfide) groups is 1. The fourth-order valence-electron chi connectivity index (χ4n) is 3.51. The summed E-state index contributed by atoms with van der Waals surface area (Å²) >= 11 is 3.79. The highest BCUT2D eigenvalue weighted by atomic mass is 32.2. The summed E-state index contributed by atoms with van der Waals surface area (Å²) in [6, 6.07) is 0. The number of anilines is 1. The molecule has 0 bridgehead atoms. The van der Waals surface area contributed by atoms with E-state index in [2.05, 4.69) is 26.9 Å². The molecule has 5 nitrogen and oxygen atoms in total. The normalized spacial score (nSPS) is 28.2. The van der Waals surface area contributed by atoms with Crippen LogP contribution in [0.3, 0.4) is 0 Å². The van der Waals surface area contributed by atoms with Crippen LogP contribution in [-0.2, 0) is 9.47 Å². The number of ether oxygens (including phenoxy) is 2. The van der Waals surface area contributed by atoms with Gasteiger partial charge in [-0.05, 0) is 32.1 Å². The molecule has 22 heavy (non-hydrogen) atoms. The fourth-order valence-corrected chi connectivity index (χ4v) is 5.75. The second kappa shape index (κ2) is 6.26. The first-order valence-electron chi connectivity index (χ1n) is 8.11. The van der Waals surface area contributed by atoms with Gasteiger partial charge >= 0.3 is 0 Å². The molecule has 0 amide bonds. The molecule has 4 heterocycles. The van der Waals surface area contributed by atoms with Crippen molar-refractivity contribution in [1.82, 2.24) is 10.2 Å². The minimum Gasteiger partial charge on any atom is -0.381 e. The highest BCUT2D eigenvalue weighted by molar-refractivity contribution is 8.01. The maximum absolute atomic E-state index is 6.20. The summed E-state index contributed by atoms with van der Waals surface area (Å²) in [4.78, 5) is 2.36. The Bertz CT molecular complexity index is 513. The molecule has 4 rings (SSSR count). The van der Waals surface area contributed by atoms with E-state index in [9.17, 15) is 0 Å².